The fraction of sp³-hybridized carbons (Fsp3) is 0.429. The monoisotopic (exact) mass is 277 g/mol. The minimum absolute atomic E-state index is 0.109. The van der Waals surface area contributed by atoms with Gasteiger partial charge in [-0.2, -0.15) is 0 Å². The molecule has 1 aromatic carbocycles. The van der Waals surface area contributed by atoms with Gasteiger partial charge in [0.2, 0.25) is 5.96 Å². The van der Waals surface area contributed by atoms with Gasteiger partial charge in [-0.15, -0.1) is 0 Å². The van der Waals surface area contributed by atoms with E-state index in [0.29, 0.717) is 19.1 Å². The highest BCUT2D eigenvalue weighted by Gasteiger charge is 2.27. The summed E-state index contributed by atoms with van der Waals surface area (Å²) < 4.78 is 9.99. The summed E-state index contributed by atoms with van der Waals surface area (Å²) in [6.07, 6.45) is -0.511. The number of benzene rings is 1. The van der Waals surface area contributed by atoms with E-state index in [4.69, 9.17) is 4.74 Å². The topological polar surface area (TPSA) is 63.2 Å². The van der Waals surface area contributed by atoms with Crippen molar-refractivity contribution < 1.29 is 14.3 Å². The summed E-state index contributed by atoms with van der Waals surface area (Å²) in [5.41, 5.74) is 1.13. The van der Waals surface area contributed by atoms with Crippen LogP contribution in [0.4, 0.5) is 4.79 Å². The molecular formula is C14H19N3O3. The normalized spacial score (nSPS) is 17.6. The number of carbonyl (C=O) groups is 1. The maximum Gasteiger partial charge on any atom is 0.413 e. The average Bonchev–Trinajstić information content (AvgIpc) is 2.81. The molecule has 0 aromatic heterocycles. The van der Waals surface area contributed by atoms with E-state index in [1.165, 1.54) is 7.11 Å². The first kappa shape index (κ1) is 14.2. The Balaban J connectivity index is 2.03. The molecule has 0 bridgehead atoms. The highest BCUT2D eigenvalue weighted by molar-refractivity contribution is 5.94. The number of ether oxygens (including phenoxy) is 2. The van der Waals surface area contributed by atoms with Crippen molar-refractivity contribution in [3.63, 3.8) is 0 Å². The van der Waals surface area contributed by atoms with Gasteiger partial charge in [-0.1, -0.05) is 12.1 Å². The number of aliphatic imine (C=N–C) groups is 1. The van der Waals surface area contributed by atoms with E-state index in [1.54, 1.807) is 0 Å². The molecule has 1 amide bonds. The van der Waals surface area contributed by atoms with Crippen molar-refractivity contribution in [1.82, 2.24) is 10.2 Å². The van der Waals surface area contributed by atoms with Crippen LogP contribution in [0.25, 0.3) is 0 Å². The Morgan fingerprint density at radius 1 is 1.45 bits per heavy atom. The number of hydrogen-bond donors (Lipinski definition) is 1. The van der Waals surface area contributed by atoms with Gasteiger partial charge >= 0.3 is 6.09 Å². The van der Waals surface area contributed by atoms with Gasteiger partial charge in [-0.25, -0.2) is 4.79 Å². The SMILES string of the molecule is CCOc1ccc(C2CN=C(NC(=O)OC)N2C)cc1. The maximum atomic E-state index is 11.2. The zero-order valence-corrected chi connectivity index (χ0v) is 11.9. The summed E-state index contributed by atoms with van der Waals surface area (Å²) >= 11 is 0. The van der Waals surface area contributed by atoms with Crippen LogP contribution in [0.15, 0.2) is 29.3 Å². The number of methoxy groups -OCH3 is 1. The van der Waals surface area contributed by atoms with E-state index in [0.717, 1.165) is 11.3 Å². The van der Waals surface area contributed by atoms with Gasteiger partial charge in [0.25, 0.3) is 0 Å². The van der Waals surface area contributed by atoms with Crippen molar-refractivity contribution in [2.24, 2.45) is 4.99 Å². The Morgan fingerprint density at radius 3 is 2.75 bits per heavy atom. The second kappa shape index (κ2) is 6.27. The molecule has 0 fully saturated rings. The lowest BCUT2D eigenvalue weighted by Gasteiger charge is -2.23. The largest absolute Gasteiger partial charge is 0.494 e. The lowest BCUT2D eigenvalue weighted by atomic mass is 10.1. The van der Waals surface area contributed by atoms with Gasteiger partial charge < -0.3 is 14.4 Å². The summed E-state index contributed by atoms with van der Waals surface area (Å²) in [4.78, 5) is 17.5. The van der Waals surface area contributed by atoms with E-state index < -0.39 is 6.09 Å². The molecule has 0 radical (unpaired) electrons. The van der Waals surface area contributed by atoms with Crippen molar-refractivity contribution in [2.75, 3.05) is 27.3 Å². The number of carbonyl (C=O) groups excluding carboxylic acids is 1. The van der Waals surface area contributed by atoms with Crippen LogP contribution >= 0.6 is 0 Å². The van der Waals surface area contributed by atoms with Crippen LogP contribution in [0.3, 0.4) is 0 Å². The lowest BCUT2D eigenvalue weighted by Crippen LogP contribution is -2.40. The fourth-order valence-electron chi connectivity index (χ4n) is 2.11. The Bertz CT molecular complexity index is 499. The Kier molecular flexibility index (Phi) is 4.45. The highest BCUT2D eigenvalue weighted by atomic mass is 16.5. The highest BCUT2D eigenvalue weighted by Crippen LogP contribution is 2.26. The lowest BCUT2D eigenvalue weighted by molar-refractivity contribution is 0.175. The maximum absolute atomic E-state index is 11.2. The molecule has 1 aliphatic rings. The average molecular weight is 277 g/mol. The molecule has 1 aliphatic heterocycles. The number of rotatable bonds is 3. The molecule has 0 spiro atoms. The first-order valence-electron chi connectivity index (χ1n) is 6.50. The third-order valence-corrected chi connectivity index (χ3v) is 3.19. The molecule has 6 nitrogen and oxygen atoms in total. The van der Waals surface area contributed by atoms with Crippen LogP contribution in [0.1, 0.15) is 18.5 Å². The fourth-order valence-corrected chi connectivity index (χ4v) is 2.11. The zero-order valence-electron chi connectivity index (χ0n) is 11.9. The molecular weight excluding hydrogens is 258 g/mol. The number of hydrogen-bond acceptors (Lipinski definition) is 5. The van der Waals surface area contributed by atoms with E-state index in [-0.39, 0.29) is 6.04 Å². The van der Waals surface area contributed by atoms with E-state index >= 15 is 0 Å². The Hall–Kier alpha value is -2.24. The molecule has 1 heterocycles. The molecule has 0 aliphatic carbocycles. The first-order chi connectivity index (χ1) is 9.65. The number of nitrogens with zero attached hydrogens (tertiary/aromatic N) is 2. The summed E-state index contributed by atoms with van der Waals surface area (Å²) in [5, 5.41) is 2.60. The Morgan fingerprint density at radius 2 is 2.15 bits per heavy atom. The van der Waals surface area contributed by atoms with Crippen LogP contribution in [0, 0.1) is 0 Å². The third kappa shape index (κ3) is 3.01. The number of alkyl carbamates (subject to hydrolysis) is 1. The molecule has 2 rings (SSSR count). The van der Waals surface area contributed by atoms with Crippen LogP contribution in [0.5, 0.6) is 5.75 Å². The van der Waals surface area contributed by atoms with Crippen molar-refractivity contribution >= 4 is 12.1 Å². The molecule has 1 atom stereocenters. The molecule has 1 unspecified atom stereocenters. The van der Waals surface area contributed by atoms with Gasteiger partial charge in [0.05, 0.1) is 26.3 Å². The van der Waals surface area contributed by atoms with Gasteiger partial charge in [-0.05, 0) is 24.6 Å². The minimum atomic E-state index is -0.511. The number of nitrogens with one attached hydrogen (secondary N) is 1. The second-order valence-electron chi connectivity index (χ2n) is 4.41. The number of amides is 1. The van der Waals surface area contributed by atoms with Crippen molar-refractivity contribution in [2.45, 2.75) is 13.0 Å². The zero-order chi connectivity index (χ0) is 14.5. The van der Waals surface area contributed by atoms with E-state index in [2.05, 4.69) is 15.0 Å². The van der Waals surface area contributed by atoms with Crippen molar-refractivity contribution in [3.05, 3.63) is 29.8 Å². The van der Waals surface area contributed by atoms with Crippen molar-refractivity contribution in [1.29, 1.82) is 0 Å². The first-order valence-corrected chi connectivity index (χ1v) is 6.50. The molecule has 108 valence electrons. The number of likely N-dealkylation sites (N-methyl/N-ethyl adjacent to an activating group) is 1. The quantitative estimate of drug-likeness (QED) is 0.914. The van der Waals surface area contributed by atoms with Crippen LogP contribution in [0.2, 0.25) is 0 Å². The van der Waals surface area contributed by atoms with Gasteiger partial charge in [-0.3, -0.25) is 10.3 Å². The third-order valence-electron chi connectivity index (χ3n) is 3.19. The summed E-state index contributed by atoms with van der Waals surface area (Å²) in [5.74, 6) is 1.38. The summed E-state index contributed by atoms with van der Waals surface area (Å²) in [6, 6.07) is 8.03. The molecule has 1 aromatic rings. The molecule has 0 saturated carbocycles. The van der Waals surface area contributed by atoms with Gasteiger partial charge in [0.1, 0.15) is 5.75 Å². The smallest absolute Gasteiger partial charge is 0.413 e. The van der Waals surface area contributed by atoms with Crippen LogP contribution < -0.4 is 10.1 Å². The molecule has 6 heteroatoms. The van der Waals surface area contributed by atoms with Gasteiger partial charge in [0.15, 0.2) is 0 Å². The summed E-state index contributed by atoms with van der Waals surface area (Å²) in [6.45, 7) is 3.21. The number of guanidine groups is 1. The van der Waals surface area contributed by atoms with E-state index in [9.17, 15) is 4.79 Å². The second-order valence-corrected chi connectivity index (χ2v) is 4.41. The Labute approximate surface area is 118 Å². The summed E-state index contributed by atoms with van der Waals surface area (Å²) in [7, 11) is 3.22. The predicted octanol–water partition coefficient (Wildman–Crippen LogP) is 1.78. The molecule has 1 N–H and O–H groups in total. The van der Waals surface area contributed by atoms with Crippen molar-refractivity contribution in [3.8, 4) is 5.75 Å². The molecule has 20 heavy (non-hydrogen) atoms. The minimum Gasteiger partial charge on any atom is -0.494 e. The van der Waals surface area contributed by atoms with Gasteiger partial charge in [0, 0.05) is 7.05 Å². The van der Waals surface area contributed by atoms with Crippen LogP contribution in [-0.4, -0.2) is 44.3 Å². The predicted molar refractivity (Wildman–Crippen MR) is 76.0 cm³/mol. The standard InChI is InChI=1S/C14H19N3O3/c1-4-20-11-7-5-10(6-8-11)12-9-15-13(17(12)2)16-14(18)19-3/h5-8,12H,4,9H2,1-3H3,(H,15,16,18). The van der Waals surface area contributed by atoms with E-state index in [1.807, 2.05) is 43.1 Å². The molecule has 0 saturated heterocycles. The van der Waals surface area contributed by atoms with Crippen LogP contribution in [-0.2, 0) is 4.74 Å².